The molecule has 0 saturated carbocycles. The molecule has 0 saturated heterocycles. The van der Waals surface area contributed by atoms with Gasteiger partial charge >= 0.3 is 0 Å². The second-order valence-corrected chi connectivity index (χ2v) is 9.02. The number of aryl methyl sites for hydroxylation is 1. The molecule has 3 heterocycles. The predicted molar refractivity (Wildman–Crippen MR) is 114 cm³/mol. The van der Waals surface area contributed by atoms with Crippen molar-refractivity contribution in [2.45, 2.75) is 30.8 Å². The van der Waals surface area contributed by atoms with Crippen molar-refractivity contribution in [1.82, 2.24) is 20.2 Å². The molecule has 4 aromatic rings. The number of fused-ring (bicyclic) bond motifs is 4. The highest BCUT2D eigenvalue weighted by molar-refractivity contribution is 7.99. The van der Waals surface area contributed by atoms with Gasteiger partial charge in [0.2, 0.25) is 11.1 Å². The molecule has 1 aliphatic rings. The Morgan fingerprint density at radius 2 is 2.20 bits per heavy atom. The summed E-state index contributed by atoms with van der Waals surface area (Å²) >= 11 is 2.65. The molecular weight excluding hydrogens is 423 g/mol. The largest absolute Gasteiger partial charge is 0.338 e. The van der Waals surface area contributed by atoms with Crippen LogP contribution in [0.25, 0.3) is 22.1 Å². The SMILES string of the molecule is N#Cc1c(NC(=O)CSc2nnc3c(n2)[nH]c2ccc(F)cc23)sc2c1CCCC2. The summed E-state index contributed by atoms with van der Waals surface area (Å²) in [7, 11) is 0. The second kappa shape index (κ2) is 7.66. The van der Waals surface area contributed by atoms with Crippen molar-refractivity contribution >= 4 is 56.1 Å². The number of aromatic amines is 1. The van der Waals surface area contributed by atoms with E-state index < -0.39 is 0 Å². The van der Waals surface area contributed by atoms with Crippen LogP contribution in [0.5, 0.6) is 0 Å². The molecule has 0 fully saturated rings. The number of halogens is 1. The molecular formula is C20H15FN6OS2. The molecule has 5 rings (SSSR count). The number of carbonyl (C=O) groups excluding carboxylic acids is 1. The van der Waals surface area contributed by atoms with Crippen LogP contribution in [-0.2, 0) is 17.6 Å². The molecule has 10 heteroatoms. The number of hydrogen-bond acceptors (Lipinski definition) is 7. The zero-order valence-electron chi connectivity index (χ0n) is 15.7. The van der Waals surface area contributed by atoms with Gasteiger partial charge < -0.3 is 10.3 Å². The number of hydrogen-bond donors (Lipinski definition) is 2. The van der Waals surface area contributed by atoms with Crippen LogP contribution in [0.3, 0.4) is 0 Å². The summed E-state index contributed by atoms with van der Waals surface area (Å²) in [4.78, 5) is 21.1. The van der Waals surface area contributed by atoms with Crippen LogP contribution in [0.2, 0.25) is 0 Å². The molecule has 30 heavy (non-hydrogen) atoms. The van der Waals surface area contributed by atoms with Gasteiger partial charge in [-0.15, -0.1) is 21.5 Å². The molecule has 0 spiro atoms. The number of nitrogens with one attached hydrogen (secondary N) is 2. The van der Waals surface area contributed by atoms with Gasteiger partial charge in [-0.3, -0.25) is 4.79 Å². The minimum absolute atomic E-state index is 0.0927. The fourth-order valence-electron chi connectivity index (χ4n) is 3.65. The monoisotopic (exact) mass is 438 g/mol. The summed E-state index contributed by atoms with van der Waals surface area (Å²) in [6.45, 7) is 0. The number of thiophene rings is 1. The Morgan fingerprint density at radius 3 is 3.07 bits per heavy atom. The average molecular weight is 439 g/mol. The third-order valence-corrected chi connectivity index (χ3v) is 7.07. The number of thioether (sulfide) groups is 1. The maximum absolute atomic E-state index is 13.5. The van der Waals surface area contributed by atoms with E-state index >= 15 is 0 Å². The summed E-state index contributed by atoms with van der Waals surface area (Å²) in [5, 5.41) is 22.2. The van der Waals surface area contributed by atoms with Crippen LogP contribution < -0.4 is 5.32 Å². The number of amides is 1. The number of nitriles is 1. The maximum atomic E-state index is 13.5. The number of anilines is 1. The third kappa shape index (κ3) is 3.40. The van der Waals surface area contributed by atoms with E-state index in [9.17, 15) is 14.4 Å². The summed E-state index contributed by atoms with van der Waals surface area (Å²) in [5.74, 6) is -0.486. The Balaban J connectivity index is 1.31. The molecule has 1 amide bonds. The maximum Gasteiger partial charge on any atom is 0.235 e. The first kappa shape index (κ1) is 19.0. The van der Waals surface area contributed by atoms with Gasteiger partial charge in [-0.1, -0.05) is 11.8 Å². The highest BCUT2D eigenvalue weighted by atomic mass is 32.2. The van der Waals surface area contributed by atoms with Crippen molar-refractivity contribution in [2.24, 2.45) is 0 Å². The van der Waals surface area contributed by atoms with Crippen LogP contribution in [0.4, 0.5) is 9.39 Å². The molecule has 0 radical (unpaired) electrons. The van der Waals surface area contributed by atoms with Crippen LogP contribution >= 0.6 is 23.1 Å². The van der Waals surface area contributed by atoms with Gasteiger partial charge in [-0.2, -0.15) is 5.26 Å². The Kier molecular flexibility index (Phi) is 4.84. The van der Waals surface area contributed by atoms with Gasteiger partial charge in [0, 0.05) is 15.8 Å². The zero-order chi connectivity index (χ0) is 20.7. The van der Waals surface area contributed by atoms with Crippen molar-refractivity contribution in [3.63, 3.8) is 0 Å². The molecule has 0 atom stereocenters. The minimum Gasteiger partial charge on any atom is -0.338 e. The molecule has 0 bridgehead atoms. The Bertz CT molecular complexity index is 1340. The minimum atomic E-state index is -0.354. The third-order valence-electron chi connectivity index (χ3n) is 5.03. The van der Waals surface area contributed by atoms with Crippen molar-refractivity contribution in [1.29, 1.82) is 5.26 Å². The molecule has 7 nitrogen and oxygen atoms in total. The summed E-state index contributed by atoms with van der Waals surface area (Å²) in [6.07, 6.45) is 4.06. The number of H-pyrrole nitrogens is 1. The van der Waals surface area contributed by atoms with Gasteiger partial charge in [0.1, 0.15) is 22.4 Å². The Labute approximate surface area is 178 Å². The second-order valence-electron chi connectivity index (χ2n) is 6.97. The van der Waals surface area contributed by atoms with E-state index in [1.54, 1.807) is 6.07 Å². The first-order chi connectivity index (χ1) is 14.6. The molecule has 3 aromatic heterocycles. The smallest absolute Gasteiger partial charge is 0.235 e. The van der Waals surface area contributed by atoms with E-state index in [1.165, 1.54) is 28.3 Å². The fourth-order valence-corrected chi connectivity index (χ4v) is 5.50. The van der Waals surface area contributed by atoms with Crippen molar-refractivity contribution < 1.29 is 9.18 Å². The highest BCUT2D eigenvalue weighted by Crippen LogP contribution is 2.37. The molecule has 0 aliphatic heterocycles. The van der Waals surface area contributed by atoms with Crippen LogP contribution in [0.1, 0.15) is 28.8 Å². The average Bonchev–Trinajstić information content (AvgIpc) is 3.28. The van der Waals surface area contributed by atoms with E-state index in [-0.39, 0.29) is 17.5 Å². The standard InChI is InChI=1S/C20H15FN6OS2/c21-10-5-6-14-12(7-10)17-18(23-14)25-20(27-26-17)29-9-16(28)24-19-13(8-22)11-3-1-2-4-15(11)30-19/h5-7H,1-4,9H2,(H,24,28)(H,23,25,27). The molecule has 1 aromatic carbocycles. The van der Waals surface area contributed by atoms with Crippen LogP contribution in [0.15, 0.2) is 23.4 Å². The molecule has 150 valence electrons. The normalized spacial score (nSPS) is 13.3. The number of aromatic nitrogens is 4. The van der Waals surface area contributed by atoms with E-state index in [0.29, 0.717) is 32.3 Å². The van der Waals surface area contributed by atoms with Gasteiger partial charge in [0.05, 0.1) is 11.3 Å². The van der Waals surface area contributed by atoms with Gasteiger partial charge in [-0.25, -0.2) is 9.37 Å². The van der Waals surface area contributed by atoms with Crippen molar-refractivity contribution in [3.8, 4) is 6.07 Å². The summed E-state index contributed by atoms with van der Waals surface area (Å²) in [6, 6.07) is 6.62. The Hall–Kier alpha value is -3.03. The summed E-state index contributed by atoms with van der Waals surface area (Å²) < 4.78 is 13.5. The van der Waals surface area contributed by atoms with Gasteiger partial charge in [0.15, 0.2) is 5.65 Å². The fraction of sp³-hybridized carbons (Fsp3) is 0.250. The van der Waals surface area contributed by atoms with E-state index in [0.717, 1.165) is 48.5 Å². The molecule has 1 aliphatic carbocycles. The first-order valence-corrected chi connectivity index (χ1v) is 11.2. The highest BCUT2D eigenvalue weighted by Gasteiger charge is 2.22. The number of rotatable bonds is 4. The molecule has 0 unspecified atom stereocenters. The molecule has 2 N–H and O–H groups in total. The lowest BCUT2D eigenvalue weighted by atomic mass is 9.96. The first-order valence-electron chi connectivity index (χ1n) is 9.41. The van der Waals surface area contributed by atoms with E-state index in [1.807, 2.05) is 0 Å². The van der Waals surface area contributed by atoms with Crippen molar-refractivity contribution in [2.75, 3.05) is 11.1 Å². The Morgan fingerprint density at radius 1 is 1.33 bits per heavy atom. The lowest BCUT2D eigenvalue weighted by Crippen LogP contribution is -2.14. The summed E-state index contributed by atoms with van der Waals surface area (Å²) in [5.41, 5.74) is 3.38. The van der Waals surface area contributed by atoms with Crippen LogP contribution in [-0.4, -0.2) is 31.8 Å². The van der Waals surface area contributed by atoms with Gasteiger partial charge in [-0.05, 0) is 49.4 Å². The topological polar surface area (TPSA) is 107 Å². The van der Waals surface area contributed by atoms with Gasteiger partial charge in [0.25, 0.3) is 0 Å². The number of benzene rings is 1. The number of carbonyl (C=O) groups is 1. The van der Waals surface area contributed by atoms with Crippen molar-refractivity contribution in [3.05, 3.63) is 40.0 Å². The lowest BCUT2D eigenvalue weighted by molar-refractivity contribution is -0.113. The predicted octanol–water partition coefficient (Wildman–Crippen LogP) is 4.19. The lowest BCUT2D eigenvalue weighted by Gasteiger charge is -2.09. The zero-order valence-corrected chi connectivity index (χ0v) is 17.3. The number of nitrogens with zero attached hydrogens (tertiary/aromatic N) is 4. The quantitative estimate of drug-likeness (QED) is 0.463. The van der Waals surface area contributed by atoms with E-state index in [4.69, 9.17) is 0 Å². The van der Waals surface area contributed by atoms with E-state index in [2.05, 4.69) is 31.6 Å². The van der Waals surface area contributed by atoms with Crippen LogP contribution in [0, 0.1) is 17.1 Å².